The van der Waals surface area contributed by atoms with Gasteiger partial charge >= 0.3 is 0 Å². The Bertz CT molecular complexity index is 515. The molecule has 0 saturated carbocycles. The van der Waals surface area contributed by atoms with Crippen LogP contribution in [0.5, 0.6) is 0 Å². The zero-order chi connectivity index (χ0) is 15.0. The van der Waals surface area contributed by atoms with Crippen molar-refractivity contribution in [2.75, 3.05) is 25.5 Å². The fourth-order valence-corrected chi connectivity index (χ4v) is 3.14. The minimum Gasteiger partial charge on any atom is -0.399 e. The van der Waals surface area contributed by atoms with Crippen LogP contribution in [0, 0.1) is 0 Å². The van der Waals surface area contributed by atoms with Gasteiger partial charge in [-0.2, -0.15) is 0 Å². The molecule has 0 atom stereocenters. The Balaban J connectivity index is 2.62. The Labute approximate surface area is 121 Å². The number of benzene rings is 1. The molecule has 1 aromatic rings. The monoisotopic (exact) mass is 300 g/mol. The number of sulfonamides is 1. The van der Waals surface area contributed by atoms with E-state index in [0.717, 1.165) is 18.4 Å². The first-order valence-electron chi connectivity index (χ1n) is 6.97. The number of ether oxygens (including phenoxy) is 1. The summed E-state index contributed by atoms with van der Waals surface area (Å²) < 4.78 is 32.3. The summed E-state index contributed by atoms with van der Waals surface area (Å²) in [6, 6.07) is 4.96. The zero-order valence-corrected chi connectivity index (χ0v) is 13.0. The highest BCUT2D eigenvalue weighted by atomic mass is 32.2. The Kier molecular flexibility index (Phi) is 6.98. The molecule has 0 fully saturated rings. The zero-order valence-electron chi connectivity index (χ0n) is 12.2. The van der Waals surface area contributed by atoms with Crippen molar-refractivity contribution in [2.24, 2.45) is 0 Å². The van der Waals surface area contributed by atoms with Gasteiger partial charge in [0.1, 0.15) is 0 Å². The summed E-state index contributed by atoms with van der Waals surface area (Å²) in [5.74, 6) is 0. The van der Waals surface area contributed by atoms with Crippen LogP contribution in [0.1, 0.15) is 32.3 Å². The molecule has 0 aromatic heterocycles. The lowest BCUT2D eigenvalue weighted by Gasteiger charge is -2.11. The molecule has 20 heavy (non-hydrogen) atoms. The predicted molar refractivity (Wildman–Crippen MR) is 81.1 cm³/mol. The second-order valence-electron chi connectivity index (χ2n) is 4.58. The van der Waals surface area contributed by atoms with Crippen molar-refractivity contribution in [3.05, 3.63) is 23.8 Å². The topological polar surface area (TPSA) is 81.4 Å². The minimum absolute atomic E-state index is 0.258. The number of aryl methyl sites for hydroxylation is 1. The quantitative estimate of drug-likeness (QED) is 0.539. The van der Waals surface area contributed by atoms with Crippen molar-refractivity contribution in [2.45, 2.75) is 38.0 Å². The average molecular weight is 300 g/mol. The van der Waals surface area contributed by atoms with Gasteiger partial charge in [0.15, 0.2) is 0 Å². The second-order valence-corrected chi connectivity index (χ2v) is 6.32. The van der Waals surface area contributed by atoms with E-state index in [4.69, 9.17) is 10.5 Å². The van der Waals surface area contributed by atoms with Crippen LogP contribution in [-0.4, -0.2) is 28.2 Å². The van der Waals surface area contributed by atoms with Crippen LogP contribution in [0.2, 0.25) is 0 Å². The molecule has 0 saturated heterocycles. The number of nitrogens with one attached hydrogen (secondary N) is 1. The van der Waals surface area contributed by atoms with Crippen molar-refractivity contribution in [1.82, 2.24) is 4.72 Å². The van der Waals surface area contributed by atoms with E-state index in [1.165, 1.54) is 6.07 Å². The summed E-state index contributed by atoms with van der Waals surface area (Å²) >= 11 is 0. The van der Waals surface area contributed by atoms with Gasteiger partial charge in [-0.15, -0.1) is 0 Å². The first-order chi connectivity index (χ1) is 9.51. The largest absolute Gasteiger partial charge is 0.399 e. The van der Waals surface area contributed by atoms with Crippen molar-refractivity contribution in [3.8, 4) is 0 Å². The van der Waals surface area contributed by atoms with Gasteiger partial charge in [-0.25, -0.2) is 13.1 Å². The van der Waals surface area contributed by atoms with Crippen molar-refractivity contribution in [1.29, 1.82) is 0 Å². The molecule has 0 heterocycles. The first-order valence-corrected chi connectivity index (χ1v) is 8.45. The van der Waals surface area contributed by atoms with Crippen LogP contribution >= 0.6 is 0 Å². The third kappa shape index (κ3) is 5.11. The molecule has 0 aliphatic carbocycles. The molecule has 0 spiro atoms. The molecule has 1 rings (SSSR count). The molecule has 1 aromatic carbocycles. The van der Waals surface area contributed by atoms with E-state index in [9.17, 15) is 8.42 Å². The highest BCUT2D eigenvalue weighted by Crippen LogP contribution is 2.19. The predicted octanol–water partition coefficient (Wildman–Crippen LogP) is 1.93. The summed E-state index contributed by atoms with van der Waals surface area (Å²) in [4.78, 5) is 0.258. The van der Waals surface area contributed by atoms with Crippen LogP contribution < -0.4 is 10.5 Å². The molecular formula is C14H24N2O3S. The maximum absolute atomic E-state index is 12.2. The molecule has 0 amide bonds. The SMILES string of the molecule is CCCCOCCNS(=O)(=O)c1cc(N)ccc1CC. The van der Waals surface area contributed by atoms with Crippen molar-refractivity contribution in [3.63, 3.8) is 0 Å². The molecule has 114 valence electrons. The Morgan fingerprint density at radius 3 is 2.65 bits per heavy atom. The summed E-state index contributed by atoms with van der Waals surface area (Å²) in [7, 11) is -3.53. The van der Waals surface area contributed by atoms with Gasteiger partial charge in [-0.1, -0.05) is 26.3 Å². The average Bonchev–Trinajstić information content (AvgIpc) is 2.42. The lowest BCUT2D eigenvalue weighted by atomic mass is 10.1. The van der Waals surface area contributed by atoms with E-state index in [1.54, 1.807) is 12.1 Å². The van der Waals surface area contributed by atoms with E-state index < -0.39 is 10.0 Å². The standard InChI is InChI=1S/C14H24N2O3S/c1-3-5-9-19-10-8-16-20(17,18)14-11-13(15)7-6-12(14)4-2/h6-7,11,16H,3-5,8-10,15H2,1-2H3. The molecule has 0 radical (unpaired) electrons. The van der Waals surface area contributed by atoms with E-state index in [0.29, 0.717) is 25.3 Å². The fraction of sp³-hybridized carbons (Fsp3) is 0.571. The third-order valence-corrected chi connectivity index (χ3v) is 4.49. The second kappa shape index (κ2) is 8.24. The maximum atomic E-state index is 12.2. The minimum atomic E-state index is -3.53. The summed E-state index contributed by atoms with van der Waals surface area (Å²) in [6.45, 7) is 5.31. The Morgan fingerprint density at radius 2 is 2.00 bits per heavy atom. The highest BCUT2D eigenvalue weighted by Gasteiger charge is 2.17. The van der Waals surface area contributed by atoms with Gasteiger partial charge in [-0.3, -0.25) is 0 Å². The molecule has 0 bridgehead atoms. The molecule has 3 N–H and O–H groups in total. The van der Waals surface area contributed by atoms with Crippen molar-refractivity contribution < 1.29 is 13.2 Å². The molecular weight excluding hydrogens is 276 g/mol. The normalized spacial score (nSPS) is 11.7. The number of hydrogen-bond donors (Lipinski definition) is 2. The van der Waals surface area contributed by atoms with Crippen LogP contribution in [0.25, 0.3) is 0 Å². The summed E-state index contributed by atoms with van der Waals surface area (Å²) in [5, 5.41) is 0. The summed E-state index contributed by atoms with van der Waals surface area (Å²) in [5.41, 5.74) is 6.88. The number of rotatable bonds is 9. The smallest absolute Gasteiger partial charge is 0.240 e. The molecule has 5 nitrogen and oxygen atoms in total. The maximum Gasteiger partial charge on any atom is 0.240 e. The van der Waals surface area contributed by atoms with E-state index in [1.807, 2.05) is 6.92 Å². The van der Waals surface area contributed by atoms with Crippen LogP contribution in [-0.2, 0) is 21.2 Å². The number of nitrogen functional groups attached to an aromatic ring is 1. The lowest BCUT2D eigenvalue weighted by Crippen LogP contribution is -2.28. The van der Waals surface area contributed by atoms with E-state index in [2.05, 4.69) is 11.6 Å². The summed E-state index contributed by atoms with van der Waals surface area (Å²) in [6.07, 6.45) is 2.69. The van der Waals surface area contributed by atoms with Gasteiger partial charge in [0, 0.05) is 18.8 Å². The van der Waals surface area contributed by atoms with Gasteiger partial charge < -0.3 is 10.5 Å². The molecule has 0 unspecified atom stereocenters. The van der Waals surface area contributed by atoms with Gasteiger partial charge in [-0.05, 0) is 30.5 Å². The van der Waals surface area contributed by atoms with Crippen LogP contribution in [0.4, 0.5) is 5.69 Å². The van der Waals surface area contributed by atoms with Gasteiger partial charge in [0.2, 0.25) is 10.0 Å². The highest BCUT2D eigenvalue weighted by molar-refractivity contribution is 7.89. The number of hydrogen-bond acceptors (Lipinski definition) is 4. The molecule has 0 aliphatic rings. The van der Waals surface area contributed by atoms with Crippen molar-refractivity contribution >= 4 is 15.7 Å². The lowest BCUT2D eigenvalue weighted by molar-refractivity contribution is 0.136. The number of unbranched alkanes of at least 4 members (excludes halogenated alkanes) is 1. The first kappa shape index (κ1) is 16.9. The van der Waals surface area contributed by atoms with E-state index >= 15 is 0 Å². The van der Waals surface area contributed by atoms with Gasteiger partial charge in [0.05, 0.1) is 11.5 Å². The molecule has 0 aliphatic heterocycles. The van der Waals surface area contributed by atoms with Gasteiger partial charge in [0.25, 0.3) is 0 Å². The van der Waals surface area contributed by atoms with Crippen LogP contribution in [0.3, 0.4) is 0 Å². The number of nitrogens with two attached hydrogens (primary N) is 1. The van der Waals surface area contributed by atoms with E-state index in [-0.39, 0.29) is 11.4 Å². The molecule has 6 heteroatoms. The third-order valence-electron chi connectivity index (χ3n) is 2.94. The van der Waals surface area contributed by atoms with Crippen LogP contribution in [0.15, 0.2) is 23.1 Å². The number of anilines is 1. The Morgan fingerprint density at radius 1 is 1.25 bits per heavy atom. The fourth-order valence-electron chi connectivity index (χ4n) is 1.79. The Hall–Kier alpha value is -1.11.